The molecule has 0 saturated carbocycles. The molecular formula is C19H20ClFN2O3S2. The summed E-state index contributed by atoms with van der Waals surface area (Å²) in [5.74, 6) is -0.823. The van der Waals surface area contributed by atoms with Crippen molar-refractivity contribution in [2.24, 2.45) is 0 Å². The van der Waals surface area contributed by atoms with Crippen LogP contribution in [0.15, 0.2) is 52.3 Å². The largest absolute Gasteiger partial charge is 0.324 e. The monoisotopic (exact) mass is 442 g/mol. The number of carbonyl (C=O) groups is 1. The van der Waals surface area contributed by atoms with E-state index in [2.05, 4.69) is 5.32 Å². The Morgan fingerprint density at radius 1 is 1.14 bits per heavy atom. The highest BCUT2D eigenvalue weighted by atomic mass is 35.5. The molecule has 2 aromatic carbocycles. The van der Waals surface area contributed by atoms with Crippen molar-refractivity contribution in [1.29, 1.82) is 0 Å². The van der Waals surface area contributed by atoms with E-state index in [9.17, 15) is 17.6 Å². The number of carbonyl (C=O) groups excluding carboxylic acids is 1. The fraction of sp³-hybridized carbons (Fsp3) is 0.316. The molecule has 1 fully saturated rings. The van der Waals surface area contributed by atoms with Gasteiger partial charge in [0, 0.05) is 18.0 Å². The number of nitrogens with one attached hydrogen (secondary N) is 1. The Bertz CT molecular complexity index is 963. The third-order valence-electron chi connectivity index (χ3n) is 4.36. The van der Waals surface area contributed by atoms with Gasteiger partial charge in [-0.05, 0) is 43.2 Å². The first-order chi connectivity index (χ1) is 13.4. The number of thioether (sulfide) groups is 1. The van der Waals surface area contributed by atoms with Gasteiger partial charge in [-0.15, -0.1) is 11.8 Å². The van der Waals surface area contributed by atoms with Gasteiger partial charge in [0.15, 0.2) is 0 Å². The number of hydrogen-bond donors (Lipinski definition) is 1. The van der Waals surface area contributed by atoms with Crippen LogP contribution in [-0.4, -0.2) is 37.5 Å². The maximum atomic E-state index is 13.6. The van der Waals surface area contributed by atoms with Gasteiger partial charge in [0.1, 0.15) is 5.82 Å². The van der Waals surface area contributed by atoms with Crippen LogP contribution in [-0.2, 0) is 14.8 Å². The van der Waals surface area contributed by atoms with E-state index in [1.165, 1.54) is 28.6 Å². The average molecular weight is 443 g/mol. The molecule has 0 atom stereocenters. The fourth-order valence-corrected chi connectivity index (χ4v) is 5.35. The van der Waals surface area contributed by atoms with Gasteiger partial charge in [-0.3, -0.25) is 4.79 Å². The Balaban J connectivity index is 1.71. The molecule has 1 N–H and O–H groups in total. The molecule has 0 aromatic heterocycles. The van der Waals surface area contributed by atoms with E-state index in [-0.39, 0.29) is 21.4 Å². The standard InChI is InChI=1S/C19H20ClFN2O3S2/c20-15-9-8-14(28(25,26)23-10-4-1-5-11-23)12-17(15)22-19(24)13-27-18-7-3-2-6-16(18)21/h2-3,6-9,12H,1,4-5,10-11,13H2,(H,22,24). The molecule has 3 rings (SSSR count). The summed E-state index contributed by atoms with van der Waals surface area (Å²) in [5, 5.41) is 2.86. The van der Waals surface area contributed by atoms with Crippen LogP contribution in [0, 0.1) is 5.82 Å². The van der Waals surface area contributed by atoms with E-state index in [0.717, 1.165) is 31.0 Å². The number of benzene rings is 2. The molecule has 28 heavy (non-hydrogen) atoms. The first-order valence-corrected chi connectivity index (χ1v) is 11.6. The number of piperidine rings is 1. The smallest absolute Gasteiger partial charge is 0.243 e. The summed E-state index contributed by atoms with van der Waals surface area (Å²) in [4.78, 5) is 12.7. The van der Waals surface area contributed by atoms with Crippen LogP contribution in [0.3, 0.4) is 0 Å². The predicted octanol–water partition coefficient (Wildman–Crippen LogP) is 4.38. The lowest BCUT2D eigenvalue weighted by molar-refractivity contribution is -0.113. The van der Waals surface area contributed by atoms with Gasteiger partial charge in [-0.2, -0.15) is 4.31 Å². The third kappa shape index (κ3) is 5.05. The topological polar surface area (TPSA) is 66.5 Å². The van der Waals surface area contributed by atoms with Gasteiger partial charge in [0.2, 0.25) is 15.9 Å². The summed E-state index contributed by atoms with van der Waals surface area (Å²) in [6.07, 6.45) is 2.70. The number of sulfonamides is 1. The van der Waals surface area contributed by atoms with Gasteiger partial charge < -0.3 is 5.32 Å². The molecule has 150 valence electrons. The Labute approximate surface area is 173 Å². The molecule has 9 heteroatoms. The van der Waals surface area contributed by atoms with Crippen molar-refractivity contribution in [1.82, 2.24) is 4.31 Å². The molecule has 1 amide bonds. The summed E-state index contributed by atoms with van der Waals surface area (Å²) in [6.45, 7) is 0.984. The van der Waals surface area contributed by atoms with Crippen molar-refractivity contribution in [3.63, 3.8) is 0 Å². The second kappa shape index (κ2) is 9.26. The predicted molar refractivity (Wildman–Crippen MR) is 110 cm³/mol. The number of halogens is 2. The summed E-state index contributed by atoms with van der Waals surface area (Å²) >= 11 is 7.18. The molecule has 1 heterocycles. The minimum atomic E-state index is -3.63. The normalized spacial score (nSPS) is 15.4. The number of nitrogens with zero attached hydrogens (tertiary/aromatic N) is 1. The molecule has 1 aliphatic rings. The van der Waals surface area contributed by atoms with Crippen molar-refractivity contribution in [3.05, 3.63) is 53.3 Å². The van der Waals surface area contributed by atoms with Gasteiger partial charge in [-0.1, -0.05) is 30.2 Å². The summed E-state index contributed by atoms with van der Waals surface area (Å²) in [5.41, 5.74) is 0.221. The van der Waals surface area contributed by atoms with E-state index in [0.29, 0.717) is 18.0 Å². The Morgan fingerprint density at radius 3 is 2.57 bits per heavy atom. The summed E-state index contributed by atoms with van der Waals surface area (Å²) in [7, 11) is -3.63. The maximum Gasteiger partial charge on any atom is 0.243 e. The zero-order chi connectivity index (χ0) is 20.1. The van der Waals surface area contributed by atoms with Crippen LogP contribution in [0.5, 0.6) is 0 Å². The van der Waals surface area contributed by atoms with Gasteiger partial charge in [0.25, 0.3) is 0 Å². The molecule has 1 saturated heterocycles. The van der Waals surface area contributed by atoms with E-state index >= 15 is 0 Å². The van der Waals surface area contributed by atoms with Crippen molar-refractivity contribution in [2.45, 2.75) is 29.1 Å². The number of rotatable bonds is 6. The highest BCUT2D eigenvalue weighted by Gasteiger charge is 2.26. The summed E-state index contributed by atoms with van der Waals surface area (Å²) < 4.78 is 40.7. The lowest BCUT2D eigenvalue weighted by Crippen LogP contribution is -2.35. The molecular weight excluding hydrogens is 423 g/mol. The molecule has 2 aromatic rings. The van der Waals surface area contributed by atoms with Crippen LogP contribution in [0.1, 0.15) is 19.3 Å². The highest BCUT2D eigenvalue weighted by Crippen LogP contribution is 2.29. The minimum Gasteiger partial charge on any atom is -0.324 e. The fourth-order valence-electron chi connectivity index (χ4n) is 2.91. The highest BCUT2D eigenvalue weighted by molar-refractivity contribution is 8.00. The molecule has 0 spiro atoms. The van der Waals surface area contributed by atoms with E-state index in [4.69, 9.17) is 11.6 Å². The van der Waals surface area contributed by atoms with E-state index in [1.807, 2.05) is 0 Å². The molecule has 0 radical (unpaired) electrons. The second-order valence-corrected chi connectivity index (χ2v) is 9.74. The SMILES string of the molecule is O=C(CSc1ccccc1F)Nc1cc(S(=O)(=O)N2CCCCC2)ccc1Cl. The lowest BCUT2D eigenvalue weighted by Gasteiger charge is -2.26. The molecule has 0 aliphatic carbocycles. The second-order valence-electron chi connectivity index (χ2n) is 6.37. The van der Waals surface area contributed by atoms with Crippen LogP contribution in [0.25, 0.3) is 0 Å². The zero-order valence-corrected chi connectivity index (χ0v) is 17.4. The van der Waals surface area contributed by atoms with Crippen LogP contribution in [0.2, 0.25) is 5.02 Å². The summed E-state index contributed by atoms with van der Waals surface area (Å²) in [6, 6.07) is 10.5. The molecule has 1 aliphatic heterocycles. The van der Waals surface area contributed by atoms with Gasteiger partial charge >= 0.3 is 0 Å². The van der Waals surface area contributed by atoms with Crippen molar-refractivity contribution in [3.8, 4) is 0 Å². The quantitative estimate of drug-likeness (QED) is 0.674. The first-order valence-electron chi connectivity index (χ1n) is 8.85. The van der Waals surface area contributed by atoms with Gasteiger partial charge in [0.05, 0.1) is 21.4 Å². The Kier molecular flexibility index (Phi) is 6.98. The lowest BCUT2D eigenvalue weighted by atomic mass is 10.2. The number of hydrogen-bond acceptors (Lipinski definition) is 4. The Hall–Kier alpha value is -1.61. The van der Waals surface area contributed by atoms with E-state index in [1.54, 1.807) is 18.2 Å². The van der Waals surface area contributed by atoms with E-state index < -0.39 is 21.7 Å². The molecule has 5 nitrogen and oxygen atoms in total. The number of amides is 1. The van der Waals surface area contributed by atoms with Crippen molar-refractivity contribution >= 4 is 45.0 Å². The maximum absolute atomic E-state index is 13.6. The third-order valence-corrected chi connectivity index (χ3v) is 7.63. The zero-order valence-electron chi connectivity index (χ0n) is 15.0. The van der Waals surface area contributed by atoms with Gasteiger partial charge in [-0.25, -0.2) is 12.8 Å². The van der Waals surface area contributed by atoms with Crippen LogP contribution < -0.4 is 5.32 Å². The minimum absolute atomic E-state index is 0.0274. The van der Waals surface area contributed by atoms with Crippen LogP contribution in [0.4, 0.5) is 10.1 Å². The Morgan fingerprint density at radius 2 is 1.86 bits per heavy atom. The van der Waals surface area contributed by atoms with Crippen molar-refractivity contribution < 1.29 is 17.6 Å². The van der Waals surface area contributed by atoms with Crippen molar-refractivity contribution in [2.75, 3.05) is 24.2 Å². The molecule has 0 bridgehead atoms. The first kappa shape index (κ1) is 21.1. The average Bonchev–Trinajstić information content (AvgIpc) is 2.69. The molecule has 0 unspecified atom stereocenters. The van der Waals surface area contributed by atoms with Crippen LogP contribution >= 0.6 is 23.4 Å². The number of anilines is 1.